The van der Waals surface area contributed by atoms with Crippen molar-refractivity contribution in [1.82, 2.24) is 5.32 Å². The quantitative estimate of drug-likeness (QED) is 0.286. The number of anilines is 1. The van der Waals surface area contributed by atoms with Crippen LogP contribution in [0.3, 0.4) is 0 Å². The van der Waals surface area contributed by atoms with Gasteiger partial charge in [-0.1, -0.05) is 22.8 Å². The second kappa shape index (κ2) is 5.95. The fraction of sp³-hybridized carbons (Fsp3) is 0.200. The maximum Gasteiger partial charge on any atom is 0.319 e. The first kappa shape index (κ1) is 13.1. The number of nitrogens with zero attached hydrogens (tertiary/aromatic N) is 1. The first-order valence-corrected chi connectivity index (χ1v) is 5.21. The van der Waals surface area contributed by atoms with E-state index in [1.807, 2.05) is 0 Å². The number of nitrogens with two attached hydrogens (primary N) is 1. The van der Waals surface area contributed by atoms with Crippen molar-refractivity contribution in [3.63, 3.8) is 0 Å². The molecule has 6 nitrogen and oxygen atoms in total. The molecule has 7 heteroatoms. The van der Waals surface area contributed by atoms with E-state index in [1.165, 1.54) is 0 Å². The van der Waals surface area contributed by atoms with Crippen molar-refractivity contribution in [1.29, 1.82) is 0 Å². The number of oxime groups is 1. The number of rotatable bonds is 3. The zero-order chi connectivity index (χ0) is 12.8. The highest BCUT2D eigenvalue weighted by atomic mass is 35.5. The zero-order valence-corrected chi connectivity index (χ0v) is 9.90. The number of halogens is 1. The number of amides is 2. The van der Waals surface area contributed by atoms with E-state index in [-0.39, 0.29) is 5.84 Å². The molecule has 0 aliphatic rings. The van der Waals surface area contributed by atoms with E-state index in [0.717, 1.165) is 0 Å². The monoisotopic (exact) mass is 256 g/mol. The molecule has 0 radical (unpaired) electrons. The maximum absolute atomic E-state index is 11.5. The Hall–Kier alpha value is -1.95. The molecule has 1 aromatic rings. The van der Waals surface area contributed by atoms with Gasteiger partial charge in [0.15, 0.2) is 5.84 Å². The molecule has 17 heavy (non-hydrogen) atoms. The fourth-order valence-corrected chi connectivity index (χ4v) is 1.28. The standard InChI is InChI=1S/C10H13ClN4O2/c1-6(9(12)15-17)13-10(16)14-8-4-2-3-7(11)5-8/h2-6,17H,1H3,(H2,12,15)(H2,13,14,16). The molecule has 1 rings (SSSR count). The first-order valence-electron chi connectivity index (χ1n) is 4.83. The lowest BCUT2D eigenvalue weighted by atomic mass is 10.3. The van der Waals surface area contributed by atoms with Crippen LogP contribution in [-0.4, -0.2) is 23.1 Å². The summed E-state index contributed by atoms with van der Waals surface area (Å²) in [6.07, 6.45) is 0. The second-order valence-electron chi connectivity index (χ2n) is 3.36. The van der Waals surface area contributed by atoms with Crippen molar-refractivity contribution in [3.05, 3.63) is 29.3 Å². The Balaban J connectivity index is 2.56. The molecule has 0 aromatic heterocycles. The molecular formula is C10H13ClN4O2. The number of carbonyl (C=O) groups is 1. The topological polar surface area (TPSA) is 99.7 Å². The zero-order valence-electron chi connectivity index (χ0n) is 9.14. The molecule has 0 aliphatic carbocycles. The van der Waals surface area contributed by atoms with Crippen molar-refractivity contribution < 1.29 is 10.0 Å². The van der Waals surface area contributed by atoms with E-state index in [4.69, 9.17) is 22.5 Å². The van der Waals surface area contributed by atoms with Gasteiger partial charge in [0.05, 0.1) is 6.04 Å². The van der Waals surface area contributed by atoms with Crippen LogP contribution in [0.1, 0.15) is 6.92 Å². The number of amidine groups is 1. The van der Waals surface area contributed by atoms with Gasteiger partial charge in [-0.05, 0) is 25.1 Å². The van der Waals surface area contributed by atoms with Gasteiger partial charge in [-0.3, -0.25) is 0 Å². The first-order chi connectivity index (χ1) is 8.02. The number of urea groups is 1. The average molecular weight is 257 g/mol. The SMILES string of the molecule is CC(NC(=O)Nc1cccc(Cl)c1)/C(N)=N/O. The van der Waals surface area contributed by atoms with Crippen LogP contribution in [0.4, 0.5) is 10.5 Å². The highest BCUT2D eigenvalue weighted by Gasteiger charge is 2.11. The smallest absolute Gasteiger partial charge is 0.319 e. The minimum Gasteiger partial charge on any atom is -0.409 e. The lowest BCUT2D eigenvalue weighted by molar-refractivity contribution is 0.251. The highest BCUT2D eigenvalue weighted by Crippen LogP contribution is 2.14. The van der Waals surface area contributed by atoms with E-state index in [9.17, 15) is 4.79 Å². The lowest BCUT2D eigenvalue weighted by Crippen LogP contribution is -2.44. The van der Waals surface area contributed by atoms with Gasteiger partial charge < -0.3 is 21.6 Å². The maximum atomic E-state index is 11.5. The summed E-state index contributed by atoms with van der Waals surface area (Å²) in [4.78, 5) is 11.5. The van der Waals surface area contributed by atoms with E-state index in [2.05, 4.69) is 15.8 Å². The molecule has 0 aliphatic heterocycles. The van der Waals surface area contributed by atoms with Gasteiger partial charge in [-0.25, -0.2) is 4.79 Å². The minimum atomic E-state index is -0.570. The third-order valence-electron chi connectivity index (χ3n) is 1.99. The molecule has 1 unspecified atom stereocenters. The van der Waals surface area contributed by atoms with Crippen molar-refractivity contribution in [2.24, 2.45) is 10.9 Å². The van der Waals surface area contributed by atoms with Gasteiger partial charge in [0.2, 0.25) is 0 Å². The number of hydrogen-bond acceptors (Lipinski definition) is 3. The number of nitrogens with one attached hydrogen (secondary N) is 2. The minimum absolute atomic E-state index is 0.0776. The third-order valence-corrected chi connectivity index (χ3v) is 2.22. The van der Waals surface area contributed by atoms with Gasteiger partial charge in [0.25, 0.3) is 0 Å². The Bertz CT molecular complexity index is 436. The number of carbonyl (C=O) groups excluding carboxylic acids is 1. The normalized spacial score (nSPS) is 12.9. The van der Waals surface area contributed by atoms with Crippen LogP contribution in [0.15, 0.2) is 29.4 Å². The number of benzene rings is 1. The summed E-state index contributed by atoms with van der Waals surface area (Å²) in [6, 6.07) is 5.68. The largest absolute Gasteiger partial charge is 0.409 e. The molecule has 0 saturated carbocycles. The van der Waals surface area contributed by atoms with Gasteiger partial charge in [-0.15, -0.1) is 0 Å². The van der Waals surface area contributed by atoms with Gasteiger partial charge in [0.1, 0.15) is 0 Å². The molecular weight excluding hydrogens is 244 g/mol. The van der Waals surface area contributed by atoms with Crippen LogP contribution in [0.5, 0.6) is 0 Å². The van der Waals surface area contributed by atoms with Gasteiger partial charge in [-0.2, -0.15) is 0 Å². The summed E-state index contributed by atoms with van der Waals surface area (Å²) < 4.78 is 0. The van der Waals surface area contributed by atoms with E-state index in [1.54, 1.807) is 31.2 Å². The molecule has 0 saturated heterocycles. The van der Waals surface area contributed by atoms with Crippen LogP contribution in [0.25, 0.3) is 0 Å². The Kier molecular flexibility index (Phi) is 4.59. The second-order valence-corrected chi connectivity index (χ2v) is 3.79. The fourth-order valence-electron chi connectivity index (χ4n) is 1.09. The van der Waals surface area contributed by atoms with E-state index in [0.29, 0.717) is 10.7 Å². The van der Waals surface area contributed by atoms with Crippen molar-refractivity contribution in [3.8, 4) is 0 Å². The summed E-state index contributed by atoms with van der Waals surface area (Å²) in [5.74, 6) is -0.0776. The molecule has 0 spiro atoms. The van der Waals surface area contributed by atoms with Crippen LogP contribution in [0.2, 0.25) is 5.02 Å². The van der Waals surface area contributed by atoms with Crippen molar-refractivity contribution >= 4 is 29.2 Å². The van der Waals surface area contributed by atoms with Crippen molar-refractivity contribution in [2.75, 3.05) is 5.32 Å². The summed E-state index contributed by atoms with van der Waals surface area (Å²) in [5, 5.41) is 16.8. The molecule has 5 N–H and O–H groups in total. The van der Waals surface area contributed by atoms with Crippen molar-refractivity contribution in [2.45, 2.75) is 13.0 Å². The molecule has 0 bridgehead atoms. The predicted molar refractivity (Wildman–Crippen MR) is 66.5 cm³/mol. The molecule has 0 heterocycles. The summed E-state index contributed by atoms with van der Waals surface area (Å²) in [6.45, 7) is 1.59. The molecule has 2 amide bonds. The average Bonchev–Trinajstić information content (AvgIpc) is 2.27. The lowest BCUT2D eigenvalue weighted by Gasteiger charge is -2.13. The predicted octanol–water partition coefficient (Wildman–Crippen LogP) is 1.60. The van der Waals surface area contributed by atoms with Crippen LogP contribution in [-0.2, 0) is 0 Å². The molecule has 92 valence electrons. The van der Waals surface area contributed by atoms with Gasteiger partial charge >= 0.3 is 6.03 Å². The third kappa shape index (κ3) is 4.20. The molecule has 0 fully saturated rings. The highest BCUT2D eigenvalue weighted by molar-refractivity contribution is 6.30. The summed E-state index contributed by atoms with van der Waals surface area (Å²) >= 11 is 5.76. The Labute approximate surface area is 103 Å². The molecule has 1 atom stereocenters. The summed E-state index contributed by atoms with van der Waals surface area (Å²) in [5.41, 5.74) is 5.88. The Morgan fingerprint density at radius 3 is 2.88 bits per heavy atom. The van der Waals surface area contributed by atoms with E-state index >= 15 is 0 Å². The van der Waals surface area contributed by atoms with Gasteiger partial charge in [0, 0.05) is 10.7 Å². The van der Waals surface area contributed by atoms with Crippen LogP contribution < -0.4 is 16.4 Å². The molecule has 1 aromatic carbocycles. The van der Waals surface area contributed by atoms with Crippen LogP contribution in [0, 0.1) is 0 Å². The Morgan fingerprint density at radius 2 is 2.29 bits per heavy atom. The van der Waals surface area contributed by atoms with Crippen LogP contribution >= 0.6 is 11.6 Å². The summed E-state index contributed by atoms with van der Waals surface area (Å²) in [7, 11) is 0. The number of hydrogen-bond donors (Lipinski definition) is 4. The Morgan fingerprint density at radius 1 is 1.59 bits per heavy atom. The van der Waals surface area contributed by atoms with E-state index < -0.39 is 12.1 Å².